The minimum Gasteiger partial charge on any atom is -0.507 e. The number of aromatic hydroxyl groups is 2. The summed E-state index contributed by atoms with van der Waals surface area (Å²) >= 11 is 0. The average Bonchev–Trinajstić information content (AvgIpc) is 2.51. The minimum absolute atomic E-state index is 0. The van der Waals surface area contributed by atoms with E-state index in [0.717, 1.165) is 11.1 Å². The molecule has 0 fully saturated rings. The van der Waals surface area contributed by atoms with Crippen molar-refractivity contribution < 1.29 is 26.7 Å². The van der Waals surface area contributed by atoms with E-state index in [0.29, 0.717) is 24.2 Å². The van der Waals surface area contributed by atoms with Gasteiger partial charge in [-0.15, -0.1) is 0 Å². The van der Waals surface area contributed by atoms with E-state index >= 15 is 0 Å². The van der Waals surface area contributed by atoms with E-state index in [1.54, 1.807) is 12.4 Å². The smallest absolute Gasteiger partial charge is 0.127 e. The number of nitrogens with zero attached hydrogens (tertiary/aromatic N) is 2. The molecule has 0 aliphatic carbocycles. The molecule has 0 aromatic heterocycles. The van der Waals surface area contributed by atoms with E-state index in [2.05, 4.69) is 9.98 Å². The van der Waals surface area contributed by atoms with Gasteiger partial charge < -0.3 is 10.2 Å². The summed E-state index contributed by atoms with van der Waals surface area (Å²) in [6.45, 7) is 4.75. The fourth-order valence-corrected chi connectivity index (χ4v) is 2.01. The average molecular weight is 355 g/mol. The summed E-state index contributed by atoms with van der Waals surface area (Å²) in [5.41, 5.74) is 3.08. The Balaban J connectivity index is 0.00000264. The zero-order valence-corrected chi connectivity index (χ0v) is 14.1. The van der Waals surface area contributed by atoms with Crippen LogP contribution in [0.4, 0.5) is 0 Å². The molecule has 0 amide bonds. The van der Waals surface area contributed by atoms with Gasteiger partial charge in [-0.2, -0.15) is 0 Å². The summed E-state index contributed by atoms with van der Waals surface area (Å²) in [6.07, 6.45) is 3.31. The maximum atomic E-state index is 9.86. The van der Waals surface area contributed by atoms with Crippen LogP contribution in [-0.4, -0.2) is 35.7 Å². The molecule has 0 saturated heterocycles. The minimum atomic E-state index is 0. The first-order chi connectivity index (χ1) is 10.6. The second-order valence-electron chi connectivity index (χ2n) is 5.10. The monoisotopic (exact) mass is 354 g/mol. The summed E-state index contributed by atoms with van der Waals surface area (Å²) < 4.78 is 0. The quantitative estimate of drug-likeness (QED) is 0.491. The molecule has 2 rings (SSSR count). The summed E-state index contributed by atoms with van der Waals surface area (Å²) in [6, 6.07) is 11.1. The van der Waals surface area contributed by atoms with E-state index in [1.165, 1.54) is 0 Å². The predicted molar refractivity (Wildman–Crippen MR) is 90.6 cm³/mol. The Morgan fingerprint density at radius 2 is 1.17 bits per heavy atom. The molecular weight excluding hydrogens is 335 g/mol. The molecule has 5 heteroatoms. The number of rotatable bonds is 5. The third-order valence-corrected chi connectivity index (χ3v) is 3.36. The van der Waals surface area contributed by atoms with Gasteiger partial charge in [0.1, 0.15) is 11.5 Å². The Morgan fingerprint density at radius 3 is 1.57 bits per heavy atom. The molecule has 4 nitrogen and oxygen atoms in total. The largest absolute Gasteiger partial charge is 0.507 e. The van der Waals surface area contributed by atoms with Crippen molar-refractivity contribution in [1.82, 2.24) is 0 Å². The van der Waals surface area contributed by atoms with Gasteiger partial charge in [-0.05, 0) is 37.1 Å². The Hall–Kier alpha value is -2.13. The van der Waals surface area contributed by atoms with Crippen LogP contribution in [0.5, 0.6) is 11.5 Å². The van der Waals surface area contributed by atoms with Crippen LogP contribution in [0, 0.1) is 13.8 Å². The molecule has 2 aromatic rings. The molecular formula is C18H20N2NiO2. The molecule has 23 heavy (non-hydrogen) atoms. The number of benzene rings is 2. The Kier molecular flexibility index (Phi) is 7.50. The van der Waals surface area contributed by atoms with E-state index in [4.69, 9.17) is 0 Å². The van der Waals surface area contributed by atoms with E-state index in [9.17, 15) is 10.2 Å². The van der Waals surface area contributed by atoms with Gasteiger partial charge in [0.25, 0.3) is 0 Å². The van der Waals surface area contributed by atoms with E-state index < -0.39 is 0 Å². The molecule has 2 aromatic carbocycles. The van der Waals surface area contributed by atoms with Crippen LogP contribution in [0.3, 0.4) is 0 Å². The zero-order chi connectivity index (χ0) is 15.9. The molecule has 0 saturated carbocycles. The fraction of sp³-hybridized carbons (Fsp3) is 0.222. The summed E-state index contributed by atoms with van der Waals surface area (Å²) in [5.74, 6) is 0.527. The molecule has 0 heterocycles. The van der Waals surface area contributed by atoms with Crippen LogP contribution in [0.25, 0.3) is 0 Å². The normalized spacial score (nSPS) is 11.0. The second kappa shape index (κ2) is 9.11. The number of hydrogen-bond acceptors (Lipinski definition) is 4. The Bertz CT molecular complexity index is 651. The van der Waals surface area contributed by atoms with Crippen molar-refractivity contribution in [2.75, 3.05) is 13.1 Å². The Labute approximate surface area is 146 Å². The number of aliphatic imine (C=N–C) groups is 2. The molecule has 0 unspecified atom stereocenters. The molecule has 0 radical (unpaired) electrons. The first-order valence-electron chi connectivity index (χ1n) is 7.16. The van der Waals surface area contributed by atoms with Crippen molar-refractivity contribution >= 4 is 12.4 Å². The molecule has 0 spiro atoms. The van der Waals surface area contributed by atoms with Gasteiger partial charge in [-0.25, -0.2) is 0 Å². The van der Waals surface area contributed by atoms with Gasteiger partial charge in [0.15, 0.2) is 0 Å². The van der Waals surface area contributed by atoms with Crippen LogP contribution >= 0.6 is 0 Å². The number of hydrogen-bond donors (Lipinski definition) is 2. The topological polar surface area (TPSA) is 65.2 Å². The van der Waals surface area contributed by atoms with Gasteiger partial charge >= 0.3 is 0 Å². The van der Waals surface area contributed by atoms with Gasteiger partial charge in [0.05, 0.1) is 13.1 Å². The van der Waals surface area contributed by atoms with E-state index in [1.807, 2.05) is 50.2 Å². The SMILES string of the molecule is Cc1cccc(C=NCCN=Cc2cccc(C)c2O)c1O.[Ni]. The van der Waals surface area contributed by atoms with Crippen molar-refractivity contribution in [2.24, 2.45) is 9.98 Å². The van der Waals surface area contributed by atoms with Crippen molar-refractivity contribution in [2.45, 2.75) is 13.8 Å². The molecule has 0 aliphatic rings. The third kappa shape index (κ3) is 5.22. The first kappa shape index (κ1) is 18.9. The van der Waals surface area contributed by atoms with Crippen LogP contribution in [0.1, 0.15) is 22.3 Å². The van der Waals surface area contributed by atoms with Crippen LogP contribution < -0.4 is 0 Å². The number of para-hydroxylation sites is 2. The second-order valence-corrected chi connectivity index (χ2v) is 5.10. The van der Waals surface area contributed by atoms with Crippen LogP contribution in [-0.2, 0) is 16.5 Å². The Morgan fingerprint density at radius 1 is 0.783 bits per heavy atom. The van der Waals surface area contributed by atoms with Crippen LogP contribution in [0.2, 0.25) is 0 Å². The number of aryl methyl sites for hydroxylation is 2. The predicted octanol–water partition coefficient (Wildman–Crippen LogP) is 3.25. The fourth-order valence-electron chi connectivity index (χ4n) is 2.01. The molecule has 2 N–H and O–H groups in total. The molecule has 0 aliphatic heterocycles. The molecule has 0 atom stereocenters. The molecule has 124 valence electrons. The summed E-state index contributed by atoms with van der Waals surface area (Å²) in [4.78, 5) is 8.51. The number of phenols is 2. The summed E-state index contributed by atoms with van der Waals surface area (Å²) in [7, 11) is 0. The summed E-state index contributed by atoms with van der Waals surface area (Å²) in [5, 5.41) is 19.7. The standard InChI is InChI=1S/C18H20N2O2.Ni/c1-13-5-3-7-15(17(13)21)11-19-9-10-20-12-16-8-4-6-14(2)18(16)22;/h3-8,11-12,21-22H,9-10H2,1-2H3;. The van der Waals surface area contributed by atoms with Crippen molar-refractivity contribution in [3.8, 4) is 11.5 Å². The molecule has 0 bridgehead atoms. The first-order valence-corrected chi connectivity index (χ1v) is 7.16. The zero-order valence-electron chi connectivity index (χ0n) is 13.1. The van der Waals surface area contributed by atoms with E-state index in [-0.39, 0.29) is 28.0 Å². The van der Waals surface area contributed by atoms with Crippen molar-refractivity contribution in [1.29, 1.82) is 0 Å². The number of phenolic OH excluding ortho intramolecular Hbond substituents is 2. The van der Waals surface area contributed by atoms with Gasteiger partial charge in [0.2, 0.25) is 0 Å². The van der Waals surface area contributed by atoms with Gasteiger partial charge in [-0.1, -0.05) is 24.3 Å². The van der Waals surface area contributed by atoms with Gasteiger partial charge in [-0.3, -0.25) is 9.98 Å². The third-order valence-electron chi connectivity index (χ3n) is 3.36. The maximum Gasteiger partial charge on any atom is 0.127 e. The van der Waals surface area contributed by atoms with Gasteiger partial charge in [0, 0.05) is 40.0 Å². The van der Waals surface area contributed by atoms with Crippen molar-refractivity contribution in [3.05, 3.63) is 58.7 Å². The maximum absolute atomic E-state index is 9.86. The van der Waals surface area contributed by atoms with Crippen molar-refractivity contribution in [3.63, 3.8) is 0 Å². The van der Waals surface area contributed by atoms with Crippen LogP contribution in [0.15, 0.2) is 46.4 Å².